The first kappa shape index (κ1) is 23.2. The quantitative estimate of drug-likeness (QED) is 0.440. The predicted molar refractivity (Wildman–Crippen MR) is 122 cm³/mol. The minimum atomic E-state index is -1.34. The lowest BCUT2D eigenvalue weighted by molar-refractivity contribution is -0.286. The largest absolute Gasteiger partial charge is 0.390 e. The smallest absolute Gasteiger partial charge is 0.171 e. The summed E-state index contributed by atoms with van der Waals surface area (Å²) in [5, 5.41) is 43.8. The lowest BCUT2D eigenvalue weighted by Crippen LogP contribution is -2.70. The molecule has 4 N–H and O–H groups in total. The van der Waals surface area contributed by atoms with E-state index in [4.69, 9.17) is 9.47 Å². The van der Waals surface area contributed by atoms with Crippen LogP contribution in [0.5, 0.6) is 0 Å². The zero-order valence-corrected chi connectivity index (χ0v) is 20.7. The van der Waals surface area contributed by atoms with Gasteiger partial charge in [-0.2, -0.15) is 0 Å². The van der Waals surface area contributed by atoms with E-state index in [2.05, 4.69) is 27.7 Å². The fraction of sp³-hybridized carbons (Fsp3) is 1.00. The van der Waals surface area contributed by atoms with Crippen LogP contribution in [-0.2, 0) is 9.47 Å². The zero-order chi connectivity index (χ0) is 23.6. The summed E-state index contributed by atoms with van der Waals surface area (Å²) in [7, 11) is 0. The fourth-order valence-electron chi connectivity index (χ4n) is 10.3. The summed E-state index contributed by atoms with van der Waals surface area (Å²) in [5.41, 5.74) is -1.79. The number of fused-ring (bicyclic) bond motifs is 7. The summed E-state index contributed by atoms with van der Waals surface area (Å²) in [6, 6.07) is 0. The molecule has 4 saturated carbocycles. The molecule has 4 aliphatic carbocycles. The van der Waals surface area contributed by atoms with Crippen molar-refractivity contribution in [2.24, 2.45) is 46.3 Å². The molecule has 6 aliphatic rings. The Bertz CT molecular complexity index is 795. The second-order valence-corrected chi connectivity index (χ2v) is 13.5. The van der Waals surface area contributed by atoms with E-state index in [1.807, 2.05) is 0 Å². The molecule has 1 spiro atoms. The third-order valence-electron chi connectivity index (χ3n) is 12.2. The van der Waals surface area contributed by atoms with E-state index < -0.39 is 35.1 Å². The van der Waals surface area contributed by atoms with Crippen molar-refractivity contribution < 1.29 is 29.9 Å². The molecule has 188 valence electrons. The average molecular weight is 465 g/mol. The van der Waals surface area contributed by atoms with Crippen molar-refractivity contribution in [1.29, 1.82) is 0 Å². The molecule has 0 bridgehead atoms. The first-order valence-corrected chi connectivity index (χ1v) is 13.5. The molecule has 6 fully saturated rings. The molecule has 2 aliphatic heterocycles. The van der Waals surface area contributed by atoms with Crippen molar-refractivity contribution in [3.63, 3.8) is 0 Å². The Balaban J connectivity index is 1.30. The Morgan fingerprint density at radius 2 is 1.61 bits per heavy atom. The first-order valence-electron chi connectivity index (χ1n) is 13.5. The molecule has 0 aromatic carbocycles. The summed E-state index contributed by atoms with van der Waals surface area (Å²) in [5.74, 6) is 1.97. The third-order valence-corrected chi connectivity index (χ3v) is 12.2. The molecule has 6 nitrogen and oxygen atoms in total. The first-order chi connectivity index (χ1) is 15.5. The molecule has 0 unspecified atom stereocenters. The Kier molecular flexibility index (Phi) is 5.03. The molecule has 0 radical (unpaired) electrons. The number of hydrogen-bond donors (Lipinski definition) is 4. The SMILES string of the molecule is C[C@@H]1CC[C@@]2(OC1)O[C@H]1C[C@@H]3[C@@H]4C[C@@H](O)[C@@]5(O)C[C@@H](O)[C@H](O)C[C@]5(C)[C@@H]4CC[C@]3(C)[C@H]1[C@@H]2C. The van der Waals surface area contributed by atoms with E-state index in [1.165, 1.54) is 0 Å². The maximum Gasteiger partial charge on any atom is 0.171 e. The van der Waals surface area contributed by atoms with Crippen LogP contribution < -0.4 is 0 Å². The number of ether oxygens (including phenoxy) is 2. The zero-order valence-electron chi connectivity index (χ0n) is 20.7. The molecule has 6 heteroatoms. The maximum atomic E-state index is 11.7. The van der Waals surface area contributed by atoms with Crippen LogP contribution in [0.4, 0.5) is 0 Å². The highest BCUT2D eigenvalue weighted by molar-refractivity contribution is 5.20. The van der Waals surface area contributed by atoms with Gasteiger partial charge in [0.25, 0.3) is 0 Å². The van der Waals surface area contributed by atoms with Gasteiger partial charge in [0.2, 0.25) is 0 Å². The van der Waals surface area contributed by atoms with Crippen LogP contribution in [0.3, 0.4) is 0 Å². The van der Waals surface area contributed by atoms with Crippen LogP contribution in [0.1, 0.15) is 79.1 Å². The lowest BCUT2D eigenvalue weighted by Gasteiger charge is -2.66. The van der Waals surface area contributed by atoms with Gasteiger partial charge in [0.1, 0.15) is 0 Å². The summed E-state index contributed by atoms with van der Waals surface area (Å²) >= 11 is 0. The van der Waals surface area contributed by atoms with Crippen LogP contribution in [-0.4, -0.2) is 62.8 Å². The van der Waals surface area contributed by atoms with Crippen LogP contribution in [0, 0.1) is 46.3 Å². The van der Waals surface area contributed by atoms with Gasteiger partial charge < -0.3 is 29.9 Å². The van der Waals surface area contributed by atoms with Gasteiger partial charge in [-0.05, 0) is 73.5 Å². The van der Waals surface area contributed by atoms with E-state index >= 15 is 0 Å². The van der Waals surface area contributed by atoms with Gasteiger partial charge in [0.05, 0.1) is 36.6 Å². The topological polar surface area (TPSA) is 99.4 Å². The van der Waals surface area contributed by atoms with Gasteiger partial charge in [-0.25, -0.2) is 0 Å². The fourth-order valence-corrected chi connectivity index (χ4v) is 10.3. The van der Waals surface area contributed by atoms with Crippen LogP contribution in [0.2, 0.25) is 0 Å². The molecule has 2 heterocycles. The molecule has 6 rings (SSSR count). The molecule has 2 saturated heterocycles. The second-order valence-electron chi connectivity index (χ2n) is 13.5. The van der Waals surface area contributed by atoms with Gasteiger partial charge in [-0.15, -0.1) is 0 Å². The Morgan fingerprint density at radius 1 is 0.879 bits per heavy atom. The Morgan fingerprint density at radius 3 is 2.30 bits per heavy atom. The normalized spacial score (nSPS) is 64.7. The molecule has 0 aromatic heterocycles. The molecular weight excluding hydrogens is 420 g/mol. The molecule has 0 aromatic rings. The number of rotatable bonds is 0. The van der Waals surface area contributed by atoms with E-state index in [1.54, 1.807) is 0 Å². The third kappa shape index (κ3) is 2.83. The van der Waals surface area contributed by atoms with Crippen molar-refractivity contribution >= 4 is 0 Å². The van der Waals surface area contributed by atoms with Gasteiger partial charge >= 0.3 is 0 Å². The number of aliphatic hydroxyl groups is 4. The van der Waals surface area contributed by atoms with Crippen molar-refractivity contribution in [2.45, 2.75) is 115 Å². The van der Waals surface area contributed by atoms with Gasteiger partial charge in [-0.1, -0.05) is 27.7 Å². The van der Waals surface area contributed by atoms with Crippen molar-refractivity contribution in [2.75, 3.05) is 6.61 Å². The number of aliphatic hydroxyl groups excluding tert-OH is 3. The molecular formula is C27H44O6. The minimum Gasteiger partial charge on any atom is -0.390 e. The second kappa shape index (κ2) is 7.17. The van der Waals surface area contributed by atoms with E-state index in [-0.39, 0.29) is 23.9 Å². The monoisotopic (exact) mass is 464 g/mol. The number of hydrogen-bond acceptors (Lipinski definition) is 6. The molecule has 0 amide bonds. The summed E-state index contributed by atoms with van der Waals surface area (Å²) in [6.45, 7) is 9.90. The van der Waals surface area contributed by atoms with Crippen molar-refractivity contribution in [3.05, 3.63) is 0 Å². The van der Waals surface area contributed by atoms with Gasteiger partial charge in [0.15, 0.2) is 5.79 Å². The van der Waals surface area contributed by atoms with E-state index in [0.29, 0.717) is 42.4 Å². The average Bonchev–Trinajstić information content (AvgIpc) is 3.19. The lowest BCUT2D eigenvalue weighted by atomic mass is 9.42. The summed E-state index contributed by atoms with van der Waals surface area (Å²) < 4.78 is 13.2. The highest BCUT2D eigenvalue weighted by Crippen LogP contribution is 2.71. The van der Waals surface area contributed by atoms with E-state index in [0.717, 1.165) is 38.7 Å². The minimum absolute atomic E-state index is 0.0562. The van der Waals surface area contributed by atoms with Crippen LogP contribution in [0.15, 0.2) is 0 Å². The standard InChI is InChI=1S/C27H44O6/c1-14-5-8-27(32-13-14)15(2)23-21(33-27)10-18-16-9-22(30)26(31)12-20(29)19(28)11-25(26,4)17(16)6-7-24(18,23)3/h14-23,28-31H,5-13H2,1-4H3/t14-,15+,16-,17-,18-,19-,20-,21+,22-,23+,24+,25-,26+,27-/m1/s1. The maximum absolute atomic E-state index is 11.7. The predicted octanol–water partition coefficient (Wildman–Crippen LogP) is 2.85. The summed E-state index contributed by atoms with van der Waals surface area (Å²) in [4.78, 5) is 0. The van der Waals surface area contributed by atoms with Crippen LogP contribution in [0.25, 0.3) is 0 Å². The molecule has 33 heavy (non-hydrogen) atoms. The molecule has 14 atom stereocenters. The highest BCUT2D eigenvalue weighted by Gasteiger charge is 2.72. The van der Waals surface area contributed by atoms with Crippen molar-refractivity contribution in [3.8, 4) is 0 Å². The van der Waals surface area contributed by atoms with Gasteiger partial charge in [0, 0.05) is 24.2 Å². The van der Waals surface area contributed by atoms with Gasteiger partial charge in [-0.3, -0.25) is 0 Å². The Hall–Kier alpha value is -0.240. The van der Waals surface area contributed by atoms with Crippen molar-refractivity contribution in [1.82, 2.24) is 0 Å². The Labute approximate surface area is 198 Å². The summed E-state index contributed by atoms with van der Waals surface area (Å²) in [6.07, 6.45) is 3.71. The van der Waals surface area contributed by atoms with E-state index in [9.17, 15) is 20.4 Å². The van der Waals surface area contributed by atoms with Crippen LogP contribution >= 0.6 is 0 Å². The highest BCUT2D eigenvalue weighted by atomic mass is 16.7.